The fraction of sp³-hybridized carbons (Fsp3) is 0.714. The van der Waals surface area contributed by atoms with E-state index in [1.165, 1.54) is 12.8 Å². The number of nitrogens with zero attached hydrogens (tertiary/aromatic N) is 2. The number of anilines is 1. The highest BCUT2D eigenvalue weighted by Crippen LogP contribution is 2.35. The van der Waals surface area contributed by atoms with Gasteiger partial charge in [-0.1, -0.05) is 13.0 Å². The van der Waals surface area contributed by atoms with Crippen molar-refractivity contribution in [3.05, 3.63) is 23.8 Å². The summed E-state index contributed by atoms with van der Waals surface area (Å²) in [7, 11) is 2.14. The number of carbonyl (C=O) groups is 2. The summed E-state index contributed by atoms with van der Waals surface area (Å²) in [4.78, 5) is 30.9. The van der Waals surface area contributed by atoms with Crippen LogP contribution >= 0.6 is 0 Å². The molecule has 4 N–H and O–H groups in total. The third-order valence-corrected chi connectivity index (χ3v) is 8.18. The van der Waals surface area contributed by atoms with E-state index in [1.54, 1.807) is 17.0 Å². The molecule has 3 heterocycles. The molecule has 4 rings (SSSR count). The topological polar surface area (TPSA) is 106 Å². The third kappa shape index (κ3) is 7.02. The SMILES string of the molecule is CC1CN(C(C)CO)C(=O)c2cccc(NC(=O)C3CCNCC3)c2OC1CN(C)CC1CCNCC1. The minimum Gasteiger partial charge on any atom is -0.486 e. The van der Waals surface area contributed by atoms with Crippen LogP contribution in [0.1, 0.15) is 49.9 Å². The molecule has 2 saturated heterocycles. The van der Waals surface area contributed by atoms with E-state index in [2.05, 4.69) is 34.8 Å². The Morgan fingerprint density at radius 3 is 2.51 bits per heavy atom. The van der Waals surface area contributed by atoms with Crippen molar-refractivity contribution in [1.82, 2.24) is 20.4 Å². The monoisotopic (exact) mass is 515 g/mol. The van der Waals surface area contributed by atoms with Crippen LogP contribution in [0.5, 0.6) is 5.75 Å². The number of benzene rings is 1. The Morgan fingerprint density at radius 1 is 1.16 bits per heavy atom. The van der Waals surface area contributed by atoms with Gasteiger partial charge in [-0.05, 0) is 83.9 Å². The Hall–Kier alpha value is -2.20. The number of amides is 2. The van der Waals surface area contributed by atoms with E-state index < -0.39 is 0 Å². The maximum atomic E-state index is 13.7. The van der Waals surface area contributed by atoms with Gasteiger partial charge in [0.1, 0.15) is 6.10 Å². The molecule has 3 aliphatic heterocycles. The van der Waals surface area contributed by atoms with Crippen LogP contribution in [0.15, 0.2) is 18.2 Å². The van der Waals surface area contributed by atoms with Crippen LogP contribution in [0, 0.1) is 17.8 Å². The zero-order chi connectivity index (χ0) is 26.4. The molecule has 3 unspecified atom stereocenters. The average molecular weight is 516 g/mol. The van der Waals surface area contributed by atoms with Gasteiger partial charge in [-0.15, -0.1) is 0 Å². The number of aliphatic hydroxyl groups excluding tert-OH is 1. The zero-order valence-electron chi connectivity index (χ0n) is 22.7. The first-order valence-electron chi connectivity index (χ1n) is 14.0. The van der Waals surface area contributed by atoms with Gasteiger partial charge in [-0.3, -0.25) is 9.59 Å². The Balaban J connectivity index is 1.60. The van der Waals surface area contributed by atoms with Gasteiger partial charge in [0.15, 0.2) is 5.75 Å². The summed E-state index contributed by atoms with van der Waals surface area (Å²) in [6, 6.07) is 5.07. The summed E-state index contributed by atoms with van der Waals surface area (Å²) < 4.78 is 6.67. The minimum absolute atomic E-state index is 0.0267. The van der Waals surface area contributed by atoms with Crippen molar-refractivity contribution in [3.63, 3.8) is 0 Å². The van der Waals surface area contributed by atoms with E-state index >= 15 is 0 Å². The number of likely N-dealkylation sites (N-methyl/N-ethyl adjacent to an activating group) is 1. The molecular weight excluding hydrogens is 470 g/mol. The molecule has 2 amide bonds. The summed E-state index contributed by atoms with van der Waals surface area (Å²) in [6.07, 6.45) is 3.77. The van der Waals surface area contributed by atoms with Crippen LogP contribution in [0.3, 0.4) is 0 Å². The van der Waals surface area contributed by atoms with Gasteiger partial charge in [0.2, 0.25) is 5.91 Å². The molecule has 0 spiro atoms. The third-order valence-electron chi connectivity index (χ3n) is 8.18. The first-order chi connectivity index (χ1) is 17.9. The highest BCUT2D eigenvalue weighted by Gasteiger charge is 2.35. The Morgan fingerprint density at radius 2 is 1.84 bits per heavy atom. The van der Waals surface area contributed by atoms with Crippen molar-refractivity contribution < 1.29 is 19.4 Å². The summed E-state index contributed by atoms with van der Waals surface area (Å²) in [5.41, 5.74) is 0.979. The van der Waals surface area contributed by atoms with Crippen molar-refractivity contribution in [2.45, 2.75) is 51.7 Å². The lowest BCUT2D eigenvalue weighted by atomic mass is 9.96. The minimum atomic E-state index is -0.318. The fourth-order valence-corrected chi connectivity index (χ4v) is 5.77. The molecule has 2 fully saturated rings. The first kappa shape index (κ1) is 27.8. The van der Waals surface area contributed by atoms with Gasteiger partial charge >= 0.3 is 0 Å². The summed E-state index contributed by atoms with van der Waals surface area (Å²) in [6.45, 7) is 9.88. The van der Waals surface area contributed by atoms with Crippen LogP contribution in [-0.2, 0) is 4.79 Å². The van der Waals surface area contributed by atoms with E-state index in [0.717, 1.165) is 52.1 Å². The molecule has 0 radical (unpaired) electrons. The number of aliphatic hydroxyl groups is 1. The van der Waals surface area contributed by atoms with Crippen molar-refractivity contribution in [3.8, 4) is 5.75 Å². The number of ether oxygens (including phenoxy) is 1. The molecule has 3 aliphatic rings. The standard InChI is InChI=1S/C28H45N5O4/c1-19-15-33(20(2)18-34)28(36)23-5-4-6-24(31-27(35)22-9-13-30-14-10-22)26(23)37-25(19)17-32(3)16-21-7-11-29-12-8-21/h4-6,19-22,25,29-30,34H,7-18H2,1-3H3,(H,31,35). The zero-order valence-corrected chi connectivity index (χ0v) is 22.7. The molecular formula is C28H45N5O4. The molecule has 37 heavy (non-hydrogen) atoms. The summed E-state index contributed by atoms with van der Waals surface area (Å²) in [5.74, 6) is 0.878. The van der Waals surface area contributed by atoms with Gasteiger partial charge in [-0.25, -0.2) is 0 Å². The first-order valence-corrected chi connectivity index (χ1v) is 14.0. The number of nitrogens with one attached hydrogen (secondary N) is 3. The Bertz CT molecular complexity index is 916. The predicted octanol–water partition coefficient (Wildman–Crippen LogP) is 1.78. The van der Waals surface area contributed by atoms with E-state index in [1.807, 2.05) is 13.0 Å². The van der Waals surface area contributed by atoms with Crippen LogP contribution in [0.25, 0.3) is 0 Å². The average Bonchev–Trinajstić information content (AvgIpc) is 2.91. The molecule has 1 aromatic carbocycles. The number of para-hydroxylation sites is 1. The quantitative estimate of drug-likeness (QED) is 0.418. The molecule has 0 aliphatic carbocycles. The Labute approximate surface area is 221 Å². The lowest BCUT2D eigenvalue weighted by molar-refractivity contribution is -0.120. The smallest absolute Gasteiger partial charge is 0.258 e. The summed E-state index contributed by atoms with van der Waals surface area (Å²) in [5, 5.41) is 19.7. The van der Waals surface area contributed by atoms with Gasteiger partial charge in [-0.2, -0.15) is 0 Å². The van der Waals surface area contributed by atoms with E-state index in [4.69, 9.17) is 4.74 Å². The summed E-state index contributed by atoms with van der Waals surface area (Å²) >= 11 is 0. The fourth-order valence-electron chi connectivity index (χ4n) is 5.77. The number of hydrogen-bond donors (Lipinski definition) is 4. The maximum Gasteiger partial charge on any atom is 0.258 e. The van der Waals surface area contributed by atoms with Crippen molar-refractivity contribution in [2.75, 3.05) is 64.8 Å². The second-order valence-electron chi connectivity index (χ2n) is 11.2. The van der Waals surface area contributed by atoms with Crippen LogP contribution < -0.4 is 20.7 Å². The lowest BCUT2D eigenvalue weighted by Crippen LogP contribution is -2.50. The Kier molecular flexibility index (Phi) is 9.81. The molecule has 0 aromatic heterocycles. The number of fused-ring (bicyclic) bond motifs is 1. The van der Waals surface area contributed by atoms with Gasteiger partial charge in [0.05, 0.1) is 23.9 Å². The normalized spacial score (nSPS) is 24.7. The maximum absolute atomic E-state index is 13.7. The van der Waals surface area contributed by atoms with Gasteiger partial charge < -0.3 is 35.6 Å². The number of carbonyl (C=O) groups excluding carboxylic acids is 2. The second kappa shape index (κ2) is 13.0. The number of piperidine rings is 2. The highest BCUT2D eigenvalue weighted by atomic mass is 16.5. The molecule has 3 atom stereocenters. The second-order valence-corrected chi connectivity index (χ2v) is 11.2. The number of rotatable bonds is 8. The predicted molar refractivity (Wildman–Crippen MR) is 145 cm³/mol. The largest absolute Gasteiger partial charge is 0.486 e. The molecule has 0 bridgehead atoms. The van der Waals surface area contributed by atoms with E-state index in [0.29, 0.717) is 29.5 Å². The molecule has 206 valence electrons. The van der Waals surface area contributed by atoms with E-state index in [-0.39, 0.29) is 42.4 Å². The molecule has 0 saturated carbocycles. The van der Waals surface area contributed by atoms with Crippen molar-refractivity contribution in [1.29, 1.82) is 0 Å². The van der Waals surface area contributed by atoms with Crippen LogP contribution in [-0.4, -0.2) is 98.3 Å². The highest BCUT2D eigenvalue weighted by molar-refractivity contribution is 6.02. The number of hydrogen-bond acceptors (Lipinski definition) is 7. The van der Waals surface area contributed by atoms with E-state index in [9.17, 15) is 14.7 Å². The molecule has 1 aromatic rings. The van der Waals surface area contributed by atoms with Crippen molar-refractivity contribution in [2.24, 2.45) is 17.8 Å². The van der Waals surface area contributed by atoms with Crippen LogP contribution in [0.2, 0.25) is 0 Å². The van der Waals surface area contributed by atoms with Gasteiger partial charge in [0.25, 0.3) is 5.91 Å². The van der Waals surface area contributed by atoms with Crippen LogP contribution in [0.4, 0.5) is 5.69 Å². The molecule has 9 heteroatoms. The molecule has 9 nitrogen and oxygen atoms in total. The van der Waals surface area contributed by atoms with Gasteiger partial charge in [0, 0.05) is 31.5 Å². The van der Waals surface area contributed by atoms with Crippen molar-refractivity contribution >= 4 is 17.5 Å². The lowest BCUT2D eigenvalue weighted by Gasteiger charge is -2.39.